The molecule has 0 spiro atoms. The van der Waals surface area contributed by atoms with Crippen molar-refractivity contribution in [1.82, 2.24) is 0 Å². The maximum atomic E-state index is 5.94. The van der Waals surface area contributed by atoms with Crippen molar-refractivity contribution in [2.45, 2.75) is 12.7 Å². The number of nitrogens with one attached hydrogen (secondary N) is 1. The van der Waals surface area contributed by atoms with Crippen LogP contribution in [-0.2, 0) is 11.3 Å². The summed E-state index contributed by atoms with van der Waals surface area (Å²) in [6.45, 7) is 1.89. The van der Waals surface area contributed by atoms with E-state index in [1.54, 1.807) is 0 Å². The van der Waals surface area contributed by atoms with Crippen molar-refractivity contribution >= 4 is 17.3 Å². The normalized spacial score (nSPS) is 16.9. The molecule has 0 aliphatic carbocycles. The van der Waals surface area contributed by atoms with Crippen LogP contribution in [0.2, 0.25) is 5.02 Å². The molecule has 1 atom stereocenters. The minimum absolute atomic E-state index is 0.0207. The van der Waals surface area contributed by atoms with E-state index in [0.29, 0.717) is 18.2 Å². The number of ether oxygens (including phenoxy) is 2. The fourth-order valence-corrected chi connectivity index (χ4v) is 2.34. The Hall–Kier alpha value is -1.71. The highest BCUT2D eigenvalue weighted by Gasteiger charge is 2.19. The molecule has 0 amide bonds. The van der Waals surface area contributed by atoms with Crippen LogP contribution in [0, 0.1) is 0 Å². The molecule has 0 aromatic heterocycles. The second-order valence-electron chi connectivity index (χ2n) is 4.76. The van der Waals surface area contributed by atoms with Gasteiger partial charge in [0.2, 0.25) is 0 Å². The molecule has 1 aliphatic heterocycles. The summed E-state index contributed by atoms with van der Waals surface area (Å²) in [5, 5.41) is 4.02. The predicted molar refractivity (Wildman–Crippen MR) is 80.5 cm³/mol. The van der Waals surface area contributed by atoms with E-state index in [-0.39, 0.29) is 6.10 Å². The highest BCUT2D eigenvalue weighted by molar-refractivity contribution is 6.30. The number of benzene rings is 2. The molecule has 2 aromatic rings. The van der Waals surface area contributed by atoms with Crippen LogP contribution in [0.5, 0.6) is 5.75 Å². The van der Waals surface area contributed by atoms with Crippen LogP contribution >= 0.6 is 11.6 Å². The lowest BCUT2D eigenvalue weighted by Crippen LogP contribution is -2.34. The van der Waals surface area contributed by atoms with E-state index in [1.165, 1.54) is 5.56 Å². The van der Waals surface area contributed by atoms with Gasteiger partial charge in [-0.1, -0.05) is 41.9 Å². The quantitative estimate of drug-likeness (QED) is 0.930. The van der Waals surface area contributed by atoms with Crippen molar-refractivity contribution < 1.29 is 9.47 Å². The Morgan fingerprint density at radius 2 is 2.05 bits per heavy atom. The summed E-state index contributed by atoms with van der Waals surface area (Å²) in [4.78, 5) is 0. The molecule has 3 rings (SSSR count). The maximum Gasteiger partial charge on any atom is 0.143 e. The van der Waals surface area contributed by atoms with Gasteiger partial charge in [0.05, 0.1) is 25.4 Å². The van der Waals surface area contributed by atoms with Crippen molar-refractivity contribution in [3.8, 4) is 5.75 Å². The van der Waals surface area contributed by atoms with Crippen LogP contribution in [0.4, 0.5) is 5.69 Å². The highest BCUT2D eigenvalue weighted by atomic mass is 35.5. The Balaban J connectivity index is 1.52. The van der Waals surface area contributed by atoms with Gasteiger partial charge in [-0.3, -0.25) is 0 Å². The lowest BCUT2D eigenvalue weighted by molar-refractivity contribution is 0.0442. The minimum Gasteiger partial charge on any atom is -0.484 e. The Morgan fingerprint density at radius 1 is 1.20 bits per heavy atom. The summed E-state index contributed by atoms with van der Waals surface area (Å²) in [5.74, 6) is 0.828. The summed E-state index contributed by atoms with van der Waals surface area (Å²) in [5.41, 5.74) is 2.11. The molecule has 1 N–H and O–H groups in total. The first-order valence-electron chi connectivity index (χ1n) is 6.63. The van der Waals surface area contributed by atoms with E-state index in [0.717, 1.165) is 18.0 Å². The molecule has 0 bridgehead atoms. The number of hydrogen-bond acceptors (Lipinski definition) is 3. The van der Waals surface area contributed by atoms with Gasteiger partial charge in [-0.2, -0.15) is 0 Å². The fraction of sp³-hybridized carbons (Fsp3) is 0.250. The summed E-state index contributed by atoms with van der Waals surface area (Å²) < 4.78 is 11.6. The zero-order valence-electron chi connectivity index (χ0n) is 11.0. The van der Waals surface area contributed by atoms with Gasteiger partial charge in [0.25, 0.3) is 0 Å². The number of anilines is 1. The van der Waals surface area contributed by atoms with Crippen LogP contribution in [0.3, 0.4) is 0 Å². The molecule has 104 valence electrons. The molecule has 1 unspecified atom stereocenters. The number of halogens is 1. The molecule has 0 radical (unpaired) electrons. The Kier molecular flexibility index (Phi) is 4.09. The first kappa shape index (κ1) is 13.3. The third kappa shape index (κ3) is 3.24. The van der Waals surface area contributed by atoms with E-state index in [2.05, 4.69) is 17.4 Å². The fourth-order valence-electron chi connectivity index (χ4n) is 2.16. The molecule has 1 heterocycles. The third-order valence-electron chi connectivity index (χ3n) is 3.17. The monoisotopic (exact) mass is 289 g/mol. The first-order chi connectivity index (χ1) is 9.81. The van der Waals surface area contributed by atoms with Crippen molar-refractivity contribution in [2.24, 2.45) is 0 Å². The SMILES string of the molecule is Clc1ccc2c(c1)NCC(COCc1ccccc1)O2. The van der Waals surface area contributed by atoms with Gasteiger partial charge in [0, 0.05) is 5.02 Å². The van der Waals surface area contributed by atoms with Crippen molar-refractivity contribution in [2.75, 3.05) is 18.5 Å². The molecule has 0 saturated heterocycles. The van der Waals surface area contributed by atoms with E-state index < -0.39 is 0 Å². The highest BCUT2D eigenvalue weighted by Crippen LogP contribution is 2.31. The van der Waals surface area contributed by atoms with E-state index in [9.17, 15) is 0 Å². The molecule has 4 heteroatoms. The van der Waals surface area contributed by atoms with Crippen LogP contribution < -0.4 is 10.1 Å². The van der Waals surface area contributed by atoms with Gasteiger partial charge in [-0.15, -0.1) is 0 Å². The molecule has 0 saturated carbocycles. The largest absolute Gasteiger partial charge is 0.484 e. The predicted octanol–water partition coefficient (Wildman–Crippen LogP) is 3.73. The molecule has 0 fully saturated rings. The average Bonchev–Trinajstić information content (AvgIpc) is 2.48. The molecule has 1 aliphatic rings. The van der Waals surface area contributed by atoms with Gasteiger partial charge >= 0.3 is 0 Å². The van der Waals surface area contributed by atoms with E-state index in [1.807, 2.05) is 36.4 Å². The summed E-state index contributed by atoms with van der Waals surface area (Å²) >= 11 is 5.94. The smallest absolute Gasteiger partial charge is 0.143 e. The standard InChI is InChI=1S/C16H16ClNO2/c17-13-6-7-16-15(8-13)18-9-14(20-16)11-19-10-12-4-2-1-3-5-12/h1-8,14,18H,9-11H2. The lowest BCUT2D eigenvalue weighted by Gasteiger charge is -2.27. The van der Waals surface area contributed by atoms with Crippen molar-refractivity contribution in [3.63, 3.8) is 0 Å². The van der Waals surface area contributed by atoms with Crippen LogP contribution in [0.25, 0.3) is 0 Å². The molecular weight excluding hydrogens is 274 g/mol. The van der Waals surface area contributed by atoms with E-state index in [4.69, 9.17) is 21.1 Å². The molecule has 20 heavy (non-hydrogen) atoms. The van der Waals surface area contributed by atoms with Gasteiger partial charge in [-0.05, 0) is 23.8 Å². The number of hydrogen-bond donors (Lipinski definition) is 1. The summed E-state index contributed by atoms with van der Waals surface area (Å²) in [6.07, 6.45) is 0.0207. The second kappa shape index (κ2) is 6.16. The zero-order chi connectivity index (χ0) is 13.8. The van der Waals surface area contributed by atoms with E-state index >= 15 is 0 Å². The van der Waals surface area contributed by atoms with Gasteiger partial charge in [-0.25, -0.2) is 0 Å². The second-order valence-corrected chi connectivity index (χ2v) is 5.20. The van der Waals surface area contributed by atoms with Gasteiger partial charge < -0.3 is 14.8 Å². The first-order valence-corrected chi connectivity index (χ1v) is 7.01. The maximum absolute atomic E-state index is 5.94. The molecule has 3 nitrogen and oxygen atoms in total. The lowest BCUT2D eigenvalue weighted by atomic mass is 10.2. The number of rotatable bonds is 4. The van der Waals surface area contributed by atoms with Crippen molar-refractivity contribution in [1.29, 1.82) is 0 Å². The Labute approximate surface area is 123 Å². The van der Waals surface area contributed by atoms with Crippen LogP contribution in [0.1, 0.15) is 5.56 Å². The summed E-state index contributed by atoms with van der Waals surface area (Å²) in [6, 6.07) is 15.7. The average molecular weight is 290 g/mol. The van der Waals surface area contributed by atoms with Crippen LogP contribution in [-0.4, -0.2) is 19.3 Å². The van der Waals surface area contributed by atoms with Gasteiger partial charge in [0.15, 0.2) is 0 Å². The third-order valence-corrected chi connectivity index (χ3v) is 3.41. The zero-order valence-corrected chi connectivity index (χ0v) is 11.8. The number of fused-ring (bicyclic) bond motifs is 1. The molecular formula is C16H16ClNO2. The topological polar surface area (TPSA) is 30.5 Å². The van der Waals surface area contributed by atoms with Crippen LogP contribution in [0.15, 0.2) is 48.5 Å². The van der Waals surface area contributed by atoms with Gasteiger partial charge in [0.1, 0.15) is 11.9 Å². The Morgan fingerprint density at radius 3 is 2.90 bits per heavy atom. The van der Waals surface area contributed by atoms with Crippen molar-refractivity contribution in [3.05, 3.63) is 59.1 Å². The summed E-state index contributed by atoms with van der Waals surface area (Å²) in [7, 11) is 0. The molecule has 2 aromatic carbocycles. The Bertz CT molecular complexity index is 574. The minimum atomic E-state index is 0.0207.